The molecule has 2 aromatic rings. The maximum atomic E-state index is 12.2. The second kappa shape index (κ2) is 10.2. The summed E-state index contributed by atoms with van der Waals surface area (Å²) in [7, 11) is -3.68. The highest BCUT2D eigenvalue weighted by Gasteiger charge is 2.26. The highest BCUT2D eigenvalue weighted by Crippen LogP contribution is 2.25. The molecule has 3 N–H and O–H groups in total. The van der Waals surface area contributed by atoms with Crippen LogP contribution in [0.25, 0.3) is 0 Å². The highest BCUT2D eigenvalue weighted by atomic mass is 32.2. The number of morpholine rings is 1. The van der Waals surface area contributed by atoms with Crippen molar-refractivity contribution in [2.75, 3.05) is 26.2 Å². The van der Waals surface area contributed by atoms with Crippen molar-refractivity contribution in [3.8, 4) is 0 Å². The molecule has 30 heavy (non-hydrogen) atoms. The average Bonchev–Trinajstić information content (AvgIpc) is 2.72. The van der Waals surface area contributed by atoms with E-state index in [4.69, 9.17) is 9.88 Å². The Balaban J connectivity index is 1.41. The molecule has 0 bridgehead atoms. The minimum Gasteiger partial charge on any atom is -0.368 e. The molecule has 0 spiro atoms. The van der Waals surface area contributed by atoms with Gasteiger partial charge in [-0.15, -0.1) is 0 Å². The zero-order chi connectivity index (χ0) is 21.6. The Hall–Kier alpha value is -2.26. The lowest BCUT2D eigenvalue weighted by Gasteiger charge is -2.37. The summed E-state index contributed by atoms with van der Waals surface area (Å²) in [6, 6.07) is 16.6. The van der Waals surface area contributed by atoms with Crippen molar-refractivity contribution < 1.29 is 17.9 Å². The summed E-state index contributed by atoms with van der Waals surface area (Å²) >= 11 is 0. The third kappa shape index (κ3) is 6.63. The molecule has 2 aromatic carbocycles. The van der Waals surface area contributed by atoms with Crippen LogP contribution in [0.4, 0.5) is 0 Å². The van der Waals surface area contributed by atoms with Crippen molar-refractivity contribution in [1.29, 1.82) is 0 Å². The van der Waals surface area contributed by atoms with Crippen LogP contribution in [-0.4, -0.2) is 51.5 Å². The van der Waals surface area contributed by atoms with Gasteiger partial charge in [-0.3, -0.25) is 9.69 Å². The van der Waals surface area contributed by atoms with Gasteiger partial charge in [0.15, 0.2) is 0 Å². The van der Waals surface area contributed by atoms with Gasteiger partial charge in [0.2, 0.25) is 15.9 Å². The molecule has 162 valence electrons. The van der Waals surface area contributed by atoms with Crippen LogP contribution < -0.4 is 10.5 Å². The van der Waals surface area contributed by atoms with Gasteiger partial charge in [0, 0.05) is 32.6 Å². The molecule has 0 aliphatic carbocycles. The van der Waals surface area contributed by atoms with Crippen LogP contribution in [0.5, 0.6) is 0 Å². The van der Waals surface area contributed by atoms with E-state index >= 15 is 0 Å². The molecule has 1 amide bonds. The van der Waals surface area contributed by atoms with Crippen LogP contribution >= 0.6 is 0 Å². The predicted octanol–water partition coefficient (Wildman–Crippen LogP) is 1.84. The van der Waals surface area contributed by atoms with Crippen molar-refractivity contribution in [3.63, 3.8) is 0 Å². The van der Waals surface area contributed by atoms with Gasteiger partial charge < -0.3 is 10.1 Å². The van der Waals surface area contributed by atoms with Gasteiger partial charge in [0.05, 0.1) is 17.1 Å². The lowest BCUT2D eigenvalue weighted by molar-refractivity contribution is -0.122. The first-order valence-corrected chi connectivity index (χ1v) is 11.7. The number of hydrogen-bond donors (Lipinski definition) is 2. The Bertz CT molecular complexity index is 933. The summed E-state index contributed by atoms with van der Waals surface area (Å²) in [6.07, 6.45) is 1.20. The van der Waals surface area contributed by atoms with Crippen molar-refractivity contribution in [2.45, 2.75) is 36.9 Å². The van der Waals surface area contributed by atoms with Crippen molar-refractivity contribution in [2.24, 2.45) is 5.14 Å². The molecule has 1 saturated heterocycles. The number of rotatable bonds is 8. The van der Waals surface area contributed by atoms with E-state index in [0.29, 0.717) is 25.9 Å². The second-order valence-corrected chi connectivity index (χ2v) is 9.21. The number of sulfonamides is 1. The maximum Gasteiger partial charge on any atom is 0.238 e. The Morgan fingerprint density at radius 3 is 2.50 bits per heavy atom. The van der Waals surface area contributed by atoms with Crippen molar-refractivity contribution >= 4 is 15.9 Å². The summed E-state index contributed by atoms with van der Waals surface area (Å²) in [5.74, 6) is 0.00608. The summed E-state index contributed by atoms with van der Waals surface area (Å²) in [5, 5.41) is 8.02. The van der Waals surface area contributed by atoms with Crippen LogP contribution in [0.15, 0.2) is 59.5 Å². The molecule has 3 rings (SSSR count). The number of hydrogen-bond acceptors (Lipinski definition) is 5. The van der Waals surface area contributed by atoms with Crippen molar-refractivity contribution in [1.82, 2.24) is 10.2 Å². The quantitative estimate of drug-likeness (QED) is 0.664. The fraction of sp³-hybridized carbons (Fsp3) is 0.409. The SMILES string of the molecule is CC1CN(CCC(=O)NCCc2ccc(S(N)(=O)=O)cc2)CC(c2ccccc2)O1. The number of nitrogens with one attached hydrogen (secondary N) is 1. The maximum absolute atomic E-state index is 12.2. The lowest BCUT2D eigenvalue weighted by atomic mass is 10.1. The normalized spacial score (nSPS) is 20.1. The highest BCUT2D eigenvalue weighted by molar-refractivity contribution is 7.89. The molecule has 1 aliphatic rings. The first-order chi connectivity index (χ1) is 14.3. The van der Waals surface area contributed by atoms with Gasteiger partial charge in [-0.05, 0) is 36.6 Å². The number of nitrogens with zero attached hydrogens (tertiary/aromatic N) is 1. The van der Waals surface area contributed by atoms with Gasteiger partial charge in [-0.2, -0.15) is 0 Å². The summed E-state index contributed by atoms with van der Waals surface area (Å²) in [4.78, 5) is 14.6. The number of nitrogens with two attached hydrogens (primary N) is 1. The first-order valence-electron chi connectivity index (χ1n) is 10.1. The third-order valence-corrected chi connectivity index (χ3v) is 6.08. The van der Waals surface area contributed by atoms with Gasteiger partial charge in [-0.1, -0.05) is 42.5 Å². The van der Waals surface area contributed by atoms with E-state index in [1.807, 2.05) is 18.2 Å². The number of carbonyl (C=O) groups excluding carboxylic acids is 1. The molecule has 1 fully saturated rings. The molecular weight excluding hydrogens is 402 g/mol. The Kier molecular flexibility index (Phi) is 7.60. The van der Waals surface area contributed by atoms with Crippen LogP contribution in [-0.2, 0) is 26.0 Å². The van der Waals surface area contributed by atoms with E-state index in [0.717, 1.165) is 24.2 Å². The average molecular weight is 432 g/mol. The summed E-state index contributed by atoms with van der Waals surface area (Å²) < 4.78 is 28.6. The first kappa shape index (κ1) is 22.4. The molecule has 0 aromatic heterocycles. The van der Waals surface area contributed by atoms with E-state index in [1.165, 1.54) is 12.1 Å². The smallest absolute Gasteiger partial charge is 0.238 e. The zero-order valence-electron chi connectivity index (χ0n) is 17.2. The molecule has 1 aliphatic heterocycles. The molecule has 0 saturated carbocycles. The molecule has 1 heterocycles. The van der Waals surface area contributed by atoms with Gasteiger partial charge >= 0.3 is 0 Å². The number of benzene rings is 2. The van der Waals surface area contributed by atoms with Gasteiger partial charge in [0.1, 0.15) is 0 Å². The van der Waals surface area contributed by atoms with Crippen LogP contribution in [0.3, 0.4) is 0 Å². The number of ether oxygens (including phenoxy) is 1. The van der Waals surface area contributed by atoms with E-state index < -0.39 is 10.0 Å². The standard InChI is InChI=1S/C22H29N3O4S/c1-17-15-25(16-21(29-17)19-5-3-2-4-6-19)14-12-22(26)24-13-11-18-7-9-20(10-8-18)30(23,27)28/h2-10,17,21H,11-16H2,1H3,(H,24,26)(H2,23,27,28). The third-order valence-electron chi connectivity index (χ3n) is 5.15. The molecule has 7 nitrogen and oxygen atoms in total. The fourth-order valence-electron chi connectivity index (χ4n) is 3.61. The molecule has 8 heteroatoms. The Labute approximate surface area is 178 Å². The van der Waals surface area contributed by atoms with Crippen LogP contribution in [0, 0.1) is 0 Å². The van der Waals surface area contributed by atoms with Gasteiger partial charge in [0.25, 0.3) is 0 Å². The minimum absolute atomic E-state index is 0.00608. The number of primary sulfonamides is 1. The van der Waals surface area contributed by atoms with Gasteiger partial charge in [-0.25, -0.2) is 13.6 Å². The number of amides is 1. The zero-order valence-corrected chi connectivity index (χ0v) is 18.0. The molecule has 2 atom stereocenters. The molecule has 2 unspecified atom stereocenters. The topological polar surface area (TPSA) is 102 Å². The van der Waals surface area contributed by atoms with Crippen LogP contribution in [0.1, 0.15) is 30.6 Å². The largest absolute Gasteiger partial charge is 0.368 e. The van der Waals surface area contributed by atoms with Crippen molar-refractivity contribution in [3.05, 3.63) is 65.7 Å². The van der Waals surface area contributed by atoms with E-state index in [2.05, 4.69) is 29.3 Å². The Morgan fingerprint density at radius 2 is 1.83 bits per heavy atom. The van der Waals surface area contributed by atoms with E-state index in [-0.39, 0.29) is 23.0 Å². The minimum atomic E-state index is -3.68. The van der Waals surface area contributed by atoms with E-state index in [9.17, 15) is 13.2 Å². The molecular formula is C22H29N3O4S. The second-order valence-electron chi connectivity index (χ2n) is 7.64. The monoisotopic (exact) mass is 431 g/mol. The van der Waals surface area contributed by atoms with Crippen LogP contribution in [0.2, 0.25) is 0 Å². The van der Waals surface area contributed by atoms with E-state index in [1.54, 1.807) is 12.1 Å². The summed E-state index contributed by atoms with van der Waals surface area (Å²) in [5.41, 5.74) is 2.10. The lowest BCUT2D eigenvalue weighted by Crippen LogP contribution is -2.44. The number of carbonyl (C=O) groups is 1. The molecule has 0 radical (unpaired) electrons. The summed E-state index contributed by atoms with van der Waals surface area (Å²) in [6.45, 7) is 4.83. The fourth-order valence-corrected chi connectivity index (χ4v) is 4.13. The predicted molar refractivity (Wildman–Crippen MR) is 115 cm³/mol. The Morgan fingerprint density at radius 1 is 1.13 bits per heavy atom.